The molecule has 1 aromatic rings. The van der Waals surface area contributed by atoms with Crippen molar-refractivity contribution in [2.45, 2.75) is 19.4 Å². The molecule has 1 heterocycles. The van der Waals surface area contributed by atoms with Gasteiger partial charge in [-0.2, -0.15) is 0 Å². The first-order valence-corrected chi connectivity index (χ1v) is 5.96. The molecule has 0 saturated carbocycles. The van der Waals surface area contributed by atoms with E-state index < -0.39 is 11.6 Å². The molecule has 0 aromatic heterocycles. The molecular formula is C13H15F2NO2. The third kappa shape index (κ3) is 2.36. The maximum atomic E-state index is 13.9. The van der Waals surface area contributed by atoms with Crippen molar-refractivity contribution < 1.29 is 18.3 Å². The first-order valence-electron chi connectivity index (χ1n) is 5.96. The Bertz CT molecular complexity index is 428. The summed E-state index contributed by atoms with van der Waals surface area (Å²) in [6.45, 7) is 3.31. The van der Waals surface area contributed by atoms with Gasteiger partial charge >= 0.3 is 0 Å². The SMILES string of the molecule is CCC1COCCN1c1c(F)cc(C=O)cc1F. The van der Waals surface area contributed by atoms with Crippen molar-refractivity contribution in [2.24, 2.45) is 0 Å². The number of nitrogens with zero attached hydrogens (tertiary/aromatic N) is 1. The van der Waals surface area contributed by atoms with Gasteiger partial charge in [-0.25, -0.2) is 8.78 Å². The van der Waals surface area contributed by atoms with E-state index in [0.29, 0.717) is 26.0 Å². The normalized spacial score (nSPS) is 19.9. The van der Waals surface area contributed by atoms with Crippen molar-refractivity contribution in [3.63, 3.8) is 0 Å². The second-order valence-corrected chi connectivity index (χ2v) is 4.28. The molecule has 98 valence electrons. The maximum Gasteiger partial charge on any atom is 0.150 e. The van der Waals surface area contributed by atoms with Crippen LogP contribution in [0.3, 0.4) is 0 Å². The molecule has 1 unspecified atom stereocenters. The lowest BCUT2D eigenvalue weighted by Crippen LogP contribution is -2.46. The van der Waals surface area contributed by atoms with E-state index in [-0.39, 0.29) is 17.3 Å². The third-order valence-electron chi connectivity index (χ3n) is 3.16. The predicted molar refractivity (Wildman–Crippen MR) is 64.0 cm³/mol. The summed E-state index contributed by atoms with van der Waals surface area (Å²) in [5.41, 5.74) is -0.0502. The molecule has 5 heteroatoms. The van der Waals surface area contributed by atoms with Crippen LogP contribution >= 0.6 is 0 Å². The Labute approximate surface area is 104 Å². The zero-order valence-corrected chi connectivity index (χ0v) is 10.2. The molecule has 0 spiro atoms. The zero-order chi connectivity index (χ0) is 13.1. The van der Waals surface area contributed by atoms with Crippen molar-refractivity contribution in [1.82, 2.24) is 0 Å². The van der Waals surface area contributed by atoms with E-state index in [0.717, 1.165) is 18.6 Å². The highest BCUT2D eigenvalue weighted by atomic mass is 19.1. The molecule has 3 nitrogen and oxygen atoms in total. The standard InChI is InChI=1S/C13H15F2NO2/c1-2-10-8-18-4-3-16(10)13-11(14)5-9(7-17)6-12(13)15/h5-7,10H,2-4,8H2,1H3. The molecular weight excluding hydrogens is 240 g/mol. The summed E-state index contributed by atoms with van der Waals surface area (Å²) in [4.78, 5) is 12.2. The first-order chi connectivity index (χ1) is 8.67. The van der Waals surface area contributed by atoms with Gasteiger partial charge in [0.2, 0.25) is 0 Å². The van der Waals surface area contributed by atoms with Crippen LogP contribution in [-0.2, 0) is 4.74 Å². The minimum Gasteiger partial charge on any atom is -0.377 e. The quantitative estimate of drug-likeness (QED) is 0.777. The fourth-order valence-electron chi connectivity index (χ4n) is 2.21. The van der Waals surface area contributed by atoms with Crippen molar-refractivity contribution in [3.05, 3.63) is 29.3 Å². The molecule has 1 aliphatic rings. The van der Waals surface area contributed by atoms with Crippen LogP contribution in [0.25, 0.3) is 0 Å². The van der Waals surface area contributed by atoms with Gasteiger partial charge in [0, 0.05) is 12.1 Å². The number of rotatable bonds is 3. The van der Waals surface area contributed by atoms with Crippen molar-refractivity contribution in [2.75, 3.05) is 24.7 Å². The summed E-state index contributed by atoms with van der Waals surface area (Å²) in [6.07, 6.45) is 1.18. The topological polar surface area (TPSA) is 29.5 Å². The molecule has 1 aromatic carbocycles. The van der Waals surface area contributed by atoms with Gasteiger partial charge < -0.3 is 9.64 Å². The molecule has 0 aliphatic carbocycles. The van der Waals surface area contributed by atoms with E-state index in [1.165, 1.54) is 0 Å². The Morgan fingerprint density at radius 1 is 1.44 bits per heavy atom. The van der Waals surface area contributed by atoms with Gasteiger partial charge in [0.15, 0.2) is 0 Å². The Balaban J connectivity index is 2.39. The van der Waals surface area contributed by atoms with Crippen LogP contribution in [0, 0.1) is 11.6 Å². The van der Waals surface area contributed by atoms with E-state index >= 15 is 0 Å². The van der Waals surface area contributed by atoms with Gasteiger partial charge in [-0.15, -0.1) is 0 Å². The molecule has 0 N–H and O–H groups in total. The highest BCUT2D eigenvalue weighted by Crippen LogP contribution is 2.28. The van der Waals surface area contributed by atoms with Crippen molar-refractivity contribution in [3.8, 4) is 0 Å². The minimum absolute atomic E-state index is 0.00931. The summed E-state index contributed by atoms with van der Waals surface area (Å²) in [7, 11) is 0. The van der Waals surface area contributed by atoms with Gasteiger partial charge in [0.05, 0.1) is 19.3 Å². The Morgan fingerprint density at radius 3 is 2.67 bits per heavy atom. The molecule has 1 atom stereocenters. The number of morpholine rings is 1. The lowest BCUT2D eigenvalue weighted by molar-refractivity contribution is 0.0922. The van der Waals surface area contributed by atoms with E-state index in [1.807, 2.05) is 6.92 Å². The predicted octanol–water partition coefficient (Wildman–Crippen LogP) is 2.39. The molecule has 0 bridgehead atoms. The maximum absolute atomic E-state index is 13.9. The van der Waals surface area contributed by atoms with Gasteiger partial charge in [-0.3, -0.25) is 4.79 Å². The third-order valence-corrected chi connectivity index (χ3v) is 3.16. The van der Waals surface area contributed by atoms with Crippen LogP contribution in [0.1, 0.15) is 23.7 Å². The number of hydrogen-bond acceptors (Lipinski definition) is 3. The van der Waals surface area contributed by atoms with Gasteiger partial charge in [0.25, 0.3) is 0 Å². The molecule has 1 aliphatic heterocycles. The van der Waals surface area contributed by atoms with E-state index in [4.69, 9.17) is 4.74 Å². The number of benzene rings is 1. The fourth-order valence-corrected chi connectivity index (χ4v) is 2.21. The number of aldehydes is 1. The van der Waals surface area contributed by atoms with Crippen LogP contribution in [0.5, 0.6) is 0 Å². The average Bonchev–Trinajstić information content (AvgIpc) is 2.38. The molecule has 18 heavy (non-hydrogen) atoms. The van der Waals surface area contributed by atoms with Crippen LogP contribution in [0.15, 0.2) is 12.1 Å². The zero-order valence-electron chi connectivity index (χ0n) is 10.2. The van der Waals surface area contributed by atoms with E-state index in [1.54, 1.807) is 4.90 Å². The summed E-state index contributed by atoms with van der Waals surface area (Å²) in [5.74, 6) is -1.39. The molecule has 0 radical (unpaired) electrons. The highest BCUT2D eigenvalue weighted by Gasteiger charge is 2.26. The van der Waals surface area contributed by atoms with Crippen LogP contribution in [0.2, 0.25) is 0 Å². The van der Waals surface area contributed by atoms with Gasteiger partial charge in [0.1, 0.15) is 23.6 Å². The lowest BCUT2D eigenvalue weighted by Gasteiger charge is -2.37. The molecule has 2 rings (SSSR count). The Kier molecular flexibility index (Phi) is 3.91. The van der Waals surface area contributed by atoms with Crippen LogP contribution in [0.4, 0.5) is 14.5 Å². The monoisotopic (exact) mass is 255 g/mol. The molecule has 1 saturated heterocycles. The summed E-state index contributed by atoms with van der Waals surface area (Å²) in [5, 5.41) is 0. The number of carbonyl (C=O) groups excluding carboxylic acids is 1. The fraction of sp³-hybridized carbons (Fsp3) is 0.462. The van der Waals surface area contributed by atoms with E-state index in [9.17, 15) is 13.6 Å². The molecule has 1 fully saturated rings. The molecule has 0 amide bonds. The van der Waals surface area contributed by atoms with Crippen molar-refractivity contribution in [1.29, 1.82) is 0 Å². The first kappa shape index (κ1) is 13.0. The van der Waals surface area contributed by atoms with Crippen molar-refractivity contribution >= 4 is 12.0 Å². The minimum atomic E-state index is -0.697. The van der Waals surface area contributed by atoms with Crippen LogP contribution in [-0.4, -0.2) is 32.1 Å². The second kappa shape index (κ2) is 5.44. The summed E-state index contributed by atoms with van der Waals surface area (Å²) < 4.78 is 33.1. The smallest absolute Gasteiger partial charge is 0.150 e. The number of hydrogen-bond donors (Lipinski definition) is 0. The highest BCUT2D eigenvalue weighted by molar-refractivity contribution is 5.76. The van der Waals surface area contributed by atoms with Gasteiger partial charge in [-0.1, -0.05) is 6.92 Å². The Morgan fingerprint density at radius 2 is 2.11 bits per heavy atom. The van der Waals surface area contributed by atoms with Gasteiger partial charge in [-0.05, 0) is 18.6 Å². The largest absolute Gasteiger partial charge is 0.377 e. The second-order valence-electron chi connectivity index (χ2n) is 4.28. The number of halogens is 2. The number of anilines is 1. The summed E-state index contributed by atoms with van der Waals surface area (Å²) >= 11 is 0. The number of carbonyl (C=O) groups is 1. The van der Waals surface area contributed by atoms with Crippen LogP contribution < -0.4 is 4.90 Å². The van der Waals surface area contributed by atoms with E-state index in [2.05, 4.69) is 0 Å². The Hall–Kier alpha value is -1.49. The average molecular weight is 255 g/mol. The number of ether oxygens (including phenoxy) is 1. The lowest BCUT2D eigenvalue weighted by atomic mass is 10.1. The summed E-state index contributed by atoms with van der Waals surface area (Å²) in [6, 6.07) is 2.09.